The Hall–Kier alpha value is -1.79. The number of amides is 3. The molecule has 1 heterocycles. The highest BCUT2D eigenvalue weighted by molar-refractivity contribution is 5.91. The normalized spacial score (nSPS) is 19.2. The summed E-state index contributed by atoms with van der Waals surface area (Å²) >= 11 is 0. The summed E-state index contributed by atoms with van der Waals surface area (Å²) in [7, 11) is 0. The fraction of sp³-hybridized carbons (Fsp3) is 0.812. The van der Waals surface area contributed by atoms with Crippen LogP contribution < -0.4 is 10.6 Å². The maximum atomic E-state index is 12.4. The lowest BCUT2D eigenvalue weighted by Crippen LogP contribution is -2.52. The van der Waals surface area contributed by atoms with E-state index in [2.05, 4.69) is 10.6 Å². The zero-order valence-electron chi connectivity index (χ0n) is 14.8. The molecule has 0 aliphatic carbocycles. The Kier molecular flexibility index (Phi) is 6.84. The lowest BCUT2D eigenvalue weighted by molar-refractivity contribution is -0.131. The van der Waals surface area contributed by atoms with Gasteiger partial charge in [-0.05, 0) is 47.0 Å². The van der Waals surface area contributed by atoms with E-state index in [-0.39, 0.29) is 11.8 Å². The van der Waals surface area contributed by atoms with Crippen molar-refractivity contribution in [3.63, 3.8) is 0 Å². The van der Waals surface area contributed by atoms with E-state index in [1.54, 1.807) is 27.7 Å². The van der Waals surface area contributed by atoms with E-state index < -0.39 is 23.8 Å². The van der Waals surface area contributed by atoms with Gasteiger partial charge in [-0.3, -0.25) is 14.5 Å². The van der Waals surface area contributed by atoms with Gasteiger partial charge < -0.3 is 15.4 Å². The Morgan fingerprint density at radius 2 is 1.96 bits per heavy atom. The van der Waals surface area contributed by atoms with Crippen molar-refractivity contribution in [1.82, 2.24) is 15.5 Å². The van der Waals surface area contributed by atoms with Crippen molar-refractivity contribution in [2.45, 2.75) is 71.6 Å². The molecule has 0 radical (unpaired) electrons. The smallest absolute Gasteiger partial charge is 0.410 e. The average molecular weight is 327 g/mol. The molecule has 1 aliphatic rings. The predicted molar refractivity (Wildman–Crippen MR) is 86.9 cm³/mol. The molecular weight excluding hydrogens is 298 g/mol. The van der Waals surface area contributed by atoms with Crippen molar-refractivity contribution >= 4 is 17.9 Å². The summed E-state index contributed by atoms with van der Waals surface area (Å²) in [5.41, 5.74) is -0.603. The van der Waals surface area contributed by atoms with Gasteiger partial charge >= 0.3 is 6.09 Å². The highest BCUT2D eigenvalue weighted by atomic mass is 16.6. The molecule has 2 N–H and O–H groups in total. The van der Waals surface area contributed by atoms with E-state index in [1.165, 1.54) is 4.90 Å². The number of likely N-dealkylation sites (tertiary alicyclic amines) is 1. The number of hydrogen-bond acceptors (Lipinski definition) is 4. The van der Waals surface area contributed by atoms with E-state index in [4.69, 9.17) is 4.74 Å². The molecular formula is C16H29N3O4. The topological polar surface area (TPSA) is 87.7 Å². The quantitative estimate of drug-likeness (QED) is 0.799. The summed E-state index contributed by atoms with van der Waals surface area (Å²) in [6, 6.07) is -1.21. The molecule has 0 spiro atoms. The molecule has 1 saturated heterocycles. The Morgan fingerprint density at radius 1 is 1.30 bits per heavy atom. The minimum absolute atomic E-state index is 0.220. The second-order valence-corrected chi connectivity index (χ2v) is 6.85. The highest BCUT2D eigenvalue weighted by Gasteiger charge is 2.37. The van der Waals surface area contributed by atoms with Gasteiger partial charge in [-0.25, -0.2) is 4.79 Å². The molecule has 0 aromatic carbocycles. The fourth-order valence-electron chi connectivity index (χ4n) is 2.35. The predicted octanol–water partition coefficient (Wildman–Crippen LogP) is 1.42. The van der Waals surface area contributed by atoms with Gasteiger partial charge in [0.1, 0.15) is 17.7 Å². The third kappa shape index (κ3) is 6.08. The molecule has 1 fully saturated rings. The standard InChI is InChI=1S/C16H29N3O4/c1-6-9-17-13(20)11(2)18-14(21)12-8-7-10-19(12)15(22)23-16(3,4)5/h11-12H,6-10H2,1-5H3,(H,17,20)(H,18,21). The molecule has 0 saturated carbocycles. The molecule has 132 valence electrons. The Balaban J connectivity index is 2.60. The minimum atomic E-state index is -0.630. The van der Waals surface area contributed by atoms with Gasteiger partial charge in [0.05, 0.1) is 0 Å². The van der Waals surface area contributed by atoms with Crippen LogP contribution in [0.1, 0.15) is 53.9 Å². The largest absolute Gasteiger partial charge is 0.444 e. The number of rotatable bonds is 5. The maximum Gasteiger partial charge on any atom is 0.410 e. The lowest BCUT2D eigenvalue weighted by atomic mass is 10.2. The zero-order chi connectivity index (χ0) is 17.6. The number of nitrogens with one attached hydrogen (secondary N) is 2. The van der Waals surface area contributed by atoms with Crippen LogP contribution in [0.5, 0.6) is 0 Å². The molecule has 2 atom stereocenters. The summed E-state index contributed by atoms with van der Waals surface area (Å²) < 4.78 is 5.34. The van der Waals surface area contributed by atoms with Crippen molar-refractivity contribution < 1.29 is 19.1 Å². The van der Waals surface area contributed by atoms with Gasteiger partial charge in [-0.15, -0.1) is 0 Å². The molecule has 7 heteroatoms. The van der Waals surface area contributed by atoms with Crippen molar-refractivity contribution in [1.29, 1.82) is 0 Å². The molecule has 3 amide bonds. The van der Waals surface area contributed by atoms with E-state index in [0.29, 0.717) is 19.5 Å². The summed E-state index contributed by atoms with van der Waals surface area (Å²) in [6.07, 6.45) is 1.67. The van der Waals surface area contributed by atoms with Crippen LogP contribution in [0.2, 0.25) is 0 Å². The monoisotopic (exact) mass is 327 g/mol. The van der Waals surface area contributed by atoms with Crippen LogP contribution >= 0.6 is 0 Å². The fourth-order valence-corrected chi connectivity index (χ4v) is 2.35. The van der Waals surface area contributed by atoms with Crippen LogP contribution in [-0.4, -0.2) is 53.6 Å². The van der Waals surface area contributed by atoms with Crippen molar-refractivity contribution in [3.8, 4) is 0 Å². The first kappa shape index (κ1) is 19.3. The van der Waals surface area contributed by atoms with Crippen LogP contribution in [0.4, 0.5) is 4.79 Å². The zero-order valence-corrected chi connectivity index (χ0v) is 14.8. The first-order valence-electron chi connectivity index (χ1n) is 8.23. The number of carbonyl (C=O) groups is 3. The van der Waals surface area contributed by atoms with E-state index in [1.807, 2.05) is 6.92 Å². The first-order valence-corrected chi connectivity index (χ1v) is 8.23. The second-order valence-electron chi connectivity index (χ2n) is 6.85. The average Bonchev–Trinajstić information content (AvgIpc) is 2.92. The van der Waals surface area contributed by atoms with Crippen molar-refractivity contribution in [2.75, 3.05) is 13.1 Å². The van der Waals surface area contributed by atoms with Crippen LogP contribution in [-0.2, 0) is 14.3 Å². The lowest BCUT2D eigenvalue weighted by Gasteiger charge is -2.28. The summed E-state index contributed by atoms with van der Waals surface area (Å²) in [6.45, 7) is 10.0. The molecule has 23 heavy (non-hydrogen) atoms. The Labute approximate surface area is 138 Å². The number of nitrogens with zero attached hydrogens (tertiary/aromatic N) is 1. The minimum Gasteiger partial charge on any atom is -0.444 e. The van der Waals surface area contributed by atoms with Gasteiger partial charge in [-0.2, -0.15) is 0 Å². The summed E-state index contributed by atoms with van der Waals surface area (Å²) in [5, 5.41) is 5.41. The highest BCUT2D eigenvalue weighted by Crippen LogP contribution is 2.21. The van der Waals surface area contributed by atoms with E-state index in [0.717, 1.165) is 12.8 Å². The van der Waals surface area contributed by atoms with Crippen molar-refractivity contribution in [2.24, 2.45) is 0 Å². The Morgan fingerprint density at radius 3 is 2.52 bits per heavy atom. The number of carbonyl (C=O) groups excluding carboxylic acids is 3. The first-order chi connectivity index (χ1) is 10.7. The SMILES string of the molecule is CCCNC(=O)C(C)NC(=O)C1CCCN1C(=O)OC(C)(C)C. The molecule has 0 aromatic heterocycles. The molecule has 2 unspecified atom stereocenters. The summed E-state index contributed by atoms with van der Waals surface area (Å²) in [5.74, 6) is -0.533. The molecule has 1 rings (SSSR count). The third-order valence-electron chi connectivity index (χ3n) is 3.48. The van der Waals surface area contributed by atoms with Crippen LogP contribution in [0.3, 0.4) is 0 Å². The number of ether oxygens (including phenoxy) is 1. The van der Waals surface area contributed by atoms with E-state index in [9.17, 15) is 14.4 Å². The third-order valence-corrected chi connectivity index (χ3v) is 3.48. The van der Waals surface area contributed by atoms with Crippen LogP contribution in [0.15, 0.2) is 0 Å². The van der Waals surface area contributed by atoms with Crippen LogP contribution in [0, 0.1) is 0 Å². The summed E-state index contributed by atoms with van der Waals surface area (Å²) in [4.78, 5) is 37.8. The number of hydrogen-bond donors (Lipinski definition) is 2. The second kappa shape index (κ2) is 8.17. The van der Waals surface area contributed by atoms with E-state index >= 15 is 0 Å². The maximum absolute atomic E-state index is 12.4. The van der Waals surface area contributed by atoms with Gasteiger partial charge in [0.15, 0.2) is 0 Å². The van der Waals surface area contributed by atoms with Gasteiger partial charge in [0.25, 0.3) is 0 Å². The molecule has 0 bridgehead atoms. The van der Waals surface area contributed by atoms with Gasteiger partial charge in [0, 0.05) is 13.1 Å². The van der Waals surface area contributed by atoms with Crippen LogP contribution in [0.25, 0.3) is 0 Å². The molecule has 0 aromatic rings. The molecule has 7 nitrogen and oxygen atoms in total. The molecule has 1 aliphatic heterocycles. The van der Waals surface area contributed by atoms with Gasteiger partial charge in [0.2, 0.25) is 11.8 Å². The Bertz CT molecular complexity index is 445. The van der Waals surface area contributed by atoms with Crippen molar-refractivity contribution in [3.05, 3.63) is 0 Å². The van der Waals surface area contributed by atoms with Gasteiger partial charge in [-0.1, -0.05) is 6.92 Å².